The molecule has 0 fully saturated rings. The molecule has 7 heteroatoms. The lowest BCUT2D eigenvalue weighted by molar-refractivity contribution is -0.142. The number of benzene rings is 1. The second-order valence-electron chi connectivity index (χ2n) is 5.03. The van der Waals surface area contributed by atoms with E-state index < -0.39 is 11.9 Å². The molecule has 0 aliphatic rings. The van der Waals surface area contributed by atoms with E-state index in [9.17, 15) is 13.2 Å². The number of rotatable bonds is 2. The molecule has 0 N–H and O–H groups in total. The molecule has 2 aromatic heterocycles. The SMILES string of the molecule is Cc1ccc(S)c(-c2cccc(-n3nccc3C(F)(F)F)n2)c1. The summed E-state index contributed by atoms with van der Waals surface area (Å²) < 4.78 is 39.8. The summed E-state index contributed by atoms with van der Waals surface area (Å²) in [5.41, 5.74) is 1.45. The van der Waals surface area contributed by atoms with E-state index in [-0.39, 0.29) is 5.82 Å². The zero-order chi connectivity index (χ0) is 16.6. The molecule has 0 amide bonds. The second kappa shape index (κ2) is 5.73. The van der Waals surface area contributed by atoms with E-state index in [2.05, 4.69) is 22.7 Å². The van der Waals surface area contributed by atoms with E-state index in [0.29, 0.717) is 10.6 Å². The van der Waals surface area contributed by atoms with Gasteiger partial charge in [0.15, 0.2) is 5.82 Å². The zero-order valence-electron chi connectivity index (χ0n) is 12.0. The molecular formula is C16H12F3N3S. The van der Waals surface area contributed by atoms with Crippen molar-refractivity contribution in [1.29, 1.82) is 0 Å². The third-order valence-corrected chi connectivity index (χ3v) is 3.70. The van der Waals surface area contributed by atoms with Crippen molar-refractivity contribution < 1.29 is 13.2 Å². The third kappa shape index (κ3) is 3.10. The van der Waals surface area contributed by atoms with Gasteiger partial charge in [-0.1, -0.05) is 17.7 Å². The molecule has 0 unspecified atom stereocenters. The van der Waals surface area contributed by atoms with Gasteiger partial charge in [-0.25, -0.2) is 9.67 Å². The Hall–Kier alpha value is -2.28. The van der Waals surface area contributed by atoms with Gasteiger partial charge in [-0.3, -0.25) is 0 Å². The maximum Gasteiger partial charge on any atom is 0.433 e. The number of halogens is 3. The minimum atomic E-state index is -4.49. The smallest absolute Gasteiger partial charge is 0.229 e. The van der Waals surface area contributed by atoms with E-state index in [4.69, 9.17) is 0 Å². The summed E-state index contributed by atoms with van der Waals surface area (Å²) in [6, 6.07) is 11.4. The van der Waals surface area contributed by atoms with Crippen molar-refractivity contribution in [3.05, 3.63) is 59.9 Å². The average Bonchev–Trinajstić information content (AvgIpc) is 3.00. The van der Waals surface area contributed by atoms with Crippen LogP contribution in [0.3, 0.4) is 0 Å². The summed E-state index contributed by atoms with van der Waals surface area (Å²) in [6.07, 6.45) is -3.39. The fraction of sp³-hybridized carbons (Fsp3) is 0.125. The largest absolute Gasteiger partial charge is 0.433 e. The molecule has 118 valence electrons. The molecule has 3 nitrogen and oxygen atoms in total. The van der Waals surface area contributed by atoms with Crippen molar-refractivity contribution in [3.8, 4) is 17.1 Å². The molecule has 23 heavy (non-hydrogen) atoms. The van der Waals surface area contributed by atoms with Gasteiger partial charge in [-0.2, -0.15) is 18.3 Å². The van der Waals surface area contributed by atoms with Crippen LogP contribution in [0.1, 0.15) is 11.3 Å². The molecule has 0 spiro atoms. The summed E-state index contributed by atoms with van der Waals surface area (Å²) in [4.78, 5) is 5.02. The summed E-state index contributed by atoms with van der Waals surface area (Å²) >= 11 is 4.39. The van der Waals surface area contributed by atoms with E-state index in [1.165, 1.54) is 6.07 Å². The Morgan fingerprint density at radius 2 is 1.87 bits per heavy atom. The maximum absolute atomic E-state index is 13.0. The Balaban J connectivity index is 2.11. The highest BCUT2D eigenvalue weighted by molar-refractivity contribution is 7.80. The van der Waals surface area contributed by atoms with E-state index in [1.807, 2.05) is 25.1 Å². The number of aryl methyl sites for hydroxylation is 1. The summed E-state index contributed by atoms with van der Waals surface area (Å²) in [6.45, 7) is 1.93. The molecule has 0 saturated carbocycles. The first-order valence-corrected chi connectivity index (χ1v) is 7.19. The molecular weight excluding hydrogens is 323 g/mol. The van der Waals surface area contributed by atoms with Gasteiger partial charge in [0.1, 0.15) is 5.69 Å². The van der Waals surface area contributed by atoms with Crippen LogP contribution in [-0.2, 0) is 6.18 Å². The van der Waals surface area contributed by atoms with Crippen LogP contribution in [0.2, 0.25) is 0 Å². The van der Waals surface area contributed by atoms with Crippen molar-refractivity contribution in [2.75, 3.05) is 0 Å². The van der Waals surface area contributed by atoms with Gasteiger partial charge < -0.3 is 0 Å². The van der Waals surface area contributed by atoms with Crippen LogP contribution in [0.15, 0.2) is 53.6 Å². The highest BCUT2D eigenvalue weighted by atomic mass is 32.1. The van der Waals surface area contributed by atoms with Gasteiger partial charge in [0.25, 0.3) is 0 Å². The minimum Gasteiger partial charge on any atom is -0.229 e. The maximum atomic E-state index is 13.0. The fourth-order valence-corrected chi connectivity index (χ4v) is 2.50. The van der Waals surface area contributed by atoms with Crippen LogP contribution in [0, 0.1) is 6.92 Å². The van der Waals surface area contributed by atoms with Crippen molar-refractivity contribution in [1.82, 2.24) is 14.8 Å². The highest BCUT2D eigenvalue weighted by Gasteiger charge is 2.35. The van der Waals surface area contributed by atoms with Crippen LogP contribution < -0.4 is 0 Å². The first-order valence-electron chi connectivity index (χ1n) is 6.75. The number of hydrogen-bond acceptors (Lipinski definition) is 3. The number of hydrogen-bond donors (Lipinski definition) is 1. The van der Waals surface area contributed by atoms with Crippen LogP contribution in [-0.4, -0.2) is 14.8 Å². The van der Waals surface area contributed by atoms with Crippen molar-refractivity contribution in [2.24, 2.45) is 0 Å². The van der Waals surface area contributed by atoms with Gasteiger partial charge in [-0.15, -0.1) is 12.6 Å². The topological polar surface area (TPSA) is 30.7 Å². The standard InChI is InChI=1S/C16H12F3N3S/c1-10-5-6-13(23)11(9-10)12-3-2-4-15(21-12)22-14(7-8-20-22)16(17,18)19/h2-9,23H,1H3. The number of aromatic nitrogens is 3. The van der Waals surface area contributed by atoms with Crippen LogP contribution in [0.5, 0.6) is 0 Å². The molecule has 0 aliphatic carbocycles. The van der Waals surface area contributed by atoms with Crippen LogP contribution >= 0.6 is 12.6 Å². The Kier molecular flexibility index (Phi) is 3.89. The van der Waals surface area contributed by atoms with Crippen molar-refractivity contribution >= 4 is 12.6 Å². The Bertz CT molecular complexity index is 856. The lowest BCUT2D eigenvalue weighted by atomic mass is 10.1. The van der Waals surface area contributed by atoms with Gasteiger partial charge in [-0.05, 0) is 37.3 Å². The van der Waals surface area contributed by atoms with Crippen LogP contribution in [0.4, 0.5) is 13.2 Å². The molecule has 3 rings (SSSR count). The normalized spacial score (nSPS) is 11.7. The molecule has 3 aromatic rings. The predicted octanol–water partition coefficient (Wildman–Crippen LogP) is 4.55. The second-order valence-corrected chi connectivity index (χ2v) is 5.51. The summed E-state index contributed by atoms with van der Waals surface area (Å²) in [5.74, 6) is 0.106. The van der Waals surface area contributed by atoms with Gasteiger partial charge in [0.05, 0.1) is 11.9 Å². The third-order valence-electron chi connectivity index (χ3n) is 3.31. The fourth-order valence-electron chi connectivity index (χ4n) is 2.25. The number of thiol groups is 1. The van der Waals surface area contributed by atoms with E-state index in [0.717, 1.165) is 28.1 Å². The first kappa shape index (κ1) is 15.6. The first-order chi connectivity index (χ1) is 10.9. The lowest BCUT2D eigenvalue weighted by Crippen LogP contribution is -2.14. The molecule has 0 saturated heterocycles. The zero-order valence-corrected chi connectivity index (χ0v) is 12.9. The lowest BCUT2D eigenvalue weighted by Gasteiger charge is -2.11. The Labute approximate surface area is 136 Å². The number of nitrogens with zero attached hydrogens (tertiary/aromatic N) is 3. The molecule has 2 heterocycles. The molecule has 1 aromatic carbocycles. The average molecular weight is 335 g/mol. The van der Waals surface area contributed by atoms with Crippen molar-refractivity contribution in [2.45, 2.75) is 18.0 Å². The Morgan fingerprint density at radius 1 is 1.09 bits per heavy atom. The number of alkyl halides is 3. The predicted molar refractivity (Wildman–Crippen MR) is 83.8 cm³/mol. The number of pyridine rings is 1. The summed E-state index contributed by atoms with van der Waals surface area (Å²) in [5, 5.41) is 3.74. The molecule has 0 bridgehead atoms. The minimum absolute atomic E-state index is 0.106. The monoisotopic (exact) mass is 335 g/mol. The quantitative estimate of drug-likeness (QED) is 0.697. The Morgan fingerprint density at radius 3 is 2.61 bits per heavy atom. The van der Waals surface area contributed by atoms with Gasteiger partial charge in [0.2, 0.25) is 0 Å². The van der Waals surface area contributed by atoms with Gasteiger partial charge >= 0.3 is 6.18 Å². The van der Waals surface area contributed by atoms with Crippen molar-refractivity contribution in [3.63, 3.8) is 0 Å². The van der Waals surface area contributed by atoms with Gasteiger partial charge in [0, 0.05) is 10.5 Å². The summed E-state index contributed by atoms with van der Waals surface area (Å²) in [7, 11) is 0. The van der Waals surface area contributed by atoms with E-state index >= 15 is 0 Å². The highest BCUT2D eigenvalue weighted by Crippen LogP contribution is 2.31. The van der Waals surface area contributed by atoms with E-state index in [1.54, 1.807) is 12.1 Å². The molecule has 0 aliphatic heterocycles. The molecule has 0 atom stereocenters. The molecule has 0 radical (unpaired) electrons. The van der Waals surface area contributed by atoms with Crippen LogP contribution in [0.25, 0.3) is 17.1 Å².